The molecular formula is C33H39N3O. The molecule has 0 radical (unpaired) electrons. The second kappa shape index (κ2) is 12.1. The van der Waals surface area contributed by atoms with E-state index in [0.29, 0.717) is 23.0 Å². The van der Waals surface area contributed by atoms with Gasteiger partial charge in [0, 0.05) is 11.1 Å². The molecular weight excluding hydrogens is 454 g/mol. The van der Waals surface area contributed by atoms with Crippen LogP contribution in [0, 0.1) is 27.7 Å². The van der Waals surface area contributed by atoms with Crippen LogP contribution in [0.1, 0.15) is 73.3 Å². The number of aromatic nitrogens is 3. The van der Waals surface area contributed by atoms with Crippen molar-refractivity contribution in [3.8, 4) is 39.9 Å². The second-order valence-electron chi connectivity index (χ2n) is 10.3. The van der Waals surface area contributed by atoms with Crippen LogP contribution in [0.5, 0.6) is 5.75 Å². The van der Waals surface area contributed by atoms with E-state index in [1.807, 2.05) is 12.1 Å². The maximum Gasteiger partial charge on any atom is 0.167 e. The van der Waals surface area contributed by atoms with Crippen LogP contribution >= 0.6 is 0 Å². The van der Waals surface area contributed by atoms with Crippen molar-refractivity contribution in [2.75, 3.05) is 0 Å². The Morgan fingerprint density at radius 1 is 0.568 bits per heavy atom. The summed E-state index contributed by atoms with van der Waals surface area (Å²) in [6, 6.07) is 18.5. The molecule has 4 rings (SSSR count). The molecule has 3 aromatic carbocycles. The number of hydrogen-bond donors (Lipinski definition) is 1. The van der Waals surface area contributed by atoms with Crippen molar-refractivity contribution < 1.29 is 5.11 Å². The van der Waals surface area contributed by atoms with E-state index in [4.69, 9.17) is 15.0 Å². The van der Waals surface area contributed by atoms with E-state index in [-0.39, 0.29) is 5.75 Å². The molecule has 192 valence electrons. The lowest BCUT2D eigenvalue weighted by Crippen LogP contribution is -2.02. The summed E-state index contributed by atoms with van der Waals surface area (Å²) < 4.78 is 0. The molecule has 4 nitrogen and oxygen atoms in total. The number of rotatable bonds is 10. The molecule has 0 amide bonds. The number of phenolic OH excluding ortho intramolecular Hbond substituents is 1. The predicted molar refractivity (Wildman–Crippen MR) is 154 cm³/mol. The summed E-state index contributed by atoms with van der Waals surface area (Å²) in [5.74, 6) is 1.94. The van der Waals surface area contributed by atoms with Gasteiger partial charge < -0.3 is 5.11 Å². The van der Waals surface area contributed by atoms with Crippen LogP contribution in [-0.2, 0) is 6.42 Å². The van der Waals surface area contributed by atoms with Crippen molar-refractivity contribution in [2.45, 2.75) is 79.6 Å². The quantitative estimate of drug-likeness (QED) is 0.224. The number of phenols is 1. The van der Waals surface area contributed by atoms with Crippen LogP contribution < -0.4 is 0 Å². The van der Waals surface area contributed by atoms with E-state index in [1.54, 1.807) is 6.07 Å². The van der Waals surface area contributed by atoms with Gasteiger partial charge in [0.1, 0.15) is 5.75 Å². The van der Waals surface area contributed by atoms with Gasteiger partial charge in [0.05, 0.1) is 5.56 Å². The summed E-state index contributed by atoms with van der Waals surface area (Å²) in [5.41, 5.74) is 8.43. The lowest BCUT2D eigenvalue weighted by molar-refractivity contribution is 0.476. The number of aromatic hydroxyl groups is 1. The molecule has 0 fully saturated rings. The normalized spacial score (nSPS) is 11.2. The highest BCUT2D eigenvalue weighted by Gasteiger charge is 2.17. The third-order valence-corrected chi connectivity index (χ3v) is 7.00. The Labute approximate surface area is 221 Å². The van der Waals surface area contributed by atoms with Crippen molar-refractivity contribution in [3.05, 3.63) is 82.4 Å². The minimum atomic E-state index is 0.191. The summed E-state index contributed by atoms with van der Waals surface area (Å²) in [6.45, 7) is 10.6. The van der Waals surface area contributed by atoms with E-state index < -0.39 is 0 Å². The van der Waals surface area contributed by atoms with Crippen LogP contribution in [-0.4, -0.2) is 20.1 Å². The third-order valence-electron chi connectivity index (χ3n) is 7.00. The molecule has 0 bridgehead atoms. The molecule has 0 saturated carbocycles. The Bertz CT molecular complexity index is 1310. The standard InChI is InChI=1S/C33H39N3O/c1-6-7-8-9-10-11-12-26-15-18-30(37)29(21-26)33-35-31(27-16-13-22(2)19-24(27)4)34-32(36-33)28-17-14-23(3)20-25(28)5/h13-21,37H,6-12H2,1-5H3. The van der Waals surface area contributed by atoms with Crippen LogP contribution in [0.2, 0.25) is 0 Å². The molecule has 1 aromatic heterocycles. The Morgan fingerprint density at radius 3 is 1.62 bits per heavy atom. The lowest BCUT2D eigenvalue weighted by Gasteiger charge is -2.13. The molecule has 0 aliphatic rings. The van der Waals surface area contributed by atoms with Crippen molar-refractivity contribution in [1.82, 2.24) is 15.0 Å². The molecule has 1 heterocycles. The summed E-state index contributed by atoms with van der Waals surface area (Å²) >= 11 is 0. The van der Waals surface area contributed by atoms with Crippen LogP contribution in [0.15, 0.2) is 54.6 Å². The van der Waals surface area contributed by atoms with E-state index in [0.717, 1.165) is 35.1 Å². The van der Waals surface area contributed by atoms with Crippen LogP contribution in [0.4, 0.5) is 0 Å². The first-order chi connectivity index (χ1) is 17.9. The minimum absolute atomic E-state index is 0.191. The monoisotopic (exact) mass is 493 g/mol. The number of hydrogen-bond acceptors (Lipinski definition) is 4. The van der Waals surface area contributed by atoms with Crippen LogP contribution in [0.25, 0.3) is 34.2 Å². The zero-order valence-corrected chi connectivity index (χ0v) is 22.9. The summed E-state index contributed by atoms with van der Waals surface area (Å²) in [5, 5.41) is 10.9. The predicted octanol–water partition coefficient (Wildman–Crippen LogP) is 8.71. The van der Waals surface area contributed by atoms with Crippen molar-refractivity contribution >= 4 is 0 Å². The second-order valence-corrected chi connectivity index (χ2v) is 10.3. The van der Waals surface area contributed by atoms with Crippen molar-refractivity contribution in [2.24, 2.45) is 0 Å². The fraction of sp³-hybridized carbons (Fsp3) is 0.364. The Kier molecular flexibility index (Phi) is 8.70. The van der Waals surface area contributed by atoms with E-state index in [9.17, 15) is 5.11 Å². The topological polar surface area (TPSA) is 58.9 Å². The van der Waals surface area contributed by atoms with E-state index in [1.165, 1.54) is 48.8 Å². The number of benzene rings is 3. The van der Waals surface area contributed by atoms with E-state index >= 15 is 0 Å². The zero-order valence-electron chi connectivity index (χ0n) is 22.9. The fourth-order valence-electron chi connectivity index (χ4n) is 4.89. The van der Waals surface area contributed by atoms with Gasteiger partial charge in [0.25, 0.3) is 0 Å². The summed E-state index contributed by atoms with van der Waals surface area (Å²) in [4.78, 5) is 14.7. The Balaban J connectivity index is 1.75. The first-order valence-electron chi connectivity index (χ1n) is 13.6. The number of aryl methyl sites for hydroxylation is 5. The fourth-order valence-corrected chi connectivity index (χ4v) is 4.89. The largest absolute Gasteiger partial charge is 0.507 e. The molecule has 4 aromatic rings. The molecule has 0 spiro atoms. The van der Waals surface area contributed by atoms with Gasteiger partial charge in [-0.15, -0.1) is 0 Å². The highest BCUT2D eigenvalue weighted by Crippen LogP contribution is 2.33. The average Bonchev–Trinajstić information content (AvgIpc) is 2.86. The summed E-state index contributed by atoms with van der Waals surface area (Å²) in [7, 11) is 0. The number of nitrogens with zero attached hydrogens (tertiary/aromatic N) is 3. The van der Waals surface area contributed by atoms with Gasteiger partial charge in [-0.3, -0.25) is 0 Å². The smallest absolute Gasteiger partial charge is 0.167 e. The SMILES string of the molecule is CCCCCCCCc1ccc(O)c(-c2nc(-c3ccc(C)cc3C)nc(-c3ccc(C)cc3C)n2)c1. The maximum absolute atomic E-state index is 10.9. The van der Waals surface area contributed by atoms with Gasteiger partial charge in [-0.05, 0) is 69.4 Å². The highest BCUT2D eigenvalue weighted by atomic mass is 16.3. The van der Waals surface area contributed by atoms with Gasteiger partial charge in [-0.25, -0.2) is 15.0 Å². The number of unbranched alkanes of at least 4 members (excludes halogenated alkanes) is 5. The van der Waals surface area contributed by atoms with Gasteiger partial charge in [0.2, 0.25) is 0 Å². The van der Waals surface area contributed by atoms with Crippen molar-refractivity contribution in [3.63, 3.8) is 0 Å². The molecule has 0 atom stereocenters. The van der Waals surface area contributed by atoms with Gasteiger partial charge >= 0.3 is 0 Å². The van der Waals surface area contributed by atoms with Gasteiger partial charge in [-0.1, -0.05) is 92.6 Å². The molecule has 0 aliphatic heterocycles. The Hall–Kier alpha value is -3.53. The zero-order chi connectivity index (χ0) is 26.4. The average molecular weight is 494 g/mol. The minimum Gasteiger partial charge on any atom is -0.507 e. The van der Waals surface area contributed by atoms with Gasteiger partial charge in [0.15, 0.2) is 17.5 Å². The first-order valence-corrected chi connectivity index (χ1v) is 13.6. The Morgan fingerprint density at radius 2 is 1.08 bits per heavy atom. The van der Waals surface area contributed by atoms with Crippen molar-refractivity contribution in [1.29, 1.82) is 0 Å². The van der Waals surface area contributed by atoms with E-state index in [2.05, 4.69) is 71.0 Å². The first kappa shape index (κ1) is 26.5. The van der Waals surface area contributed by atoms with Gasteiger partial charge in [-0.2, -0.15) is 0 Å². The molecule has 1 N–H and O–H groups in total. The molecule has 0 aliphatic carbocycles. The van der Waals surface area contributed by atoms with Crippen LogP contribution in [0.3, 0.4) is 0 Å². The third kappa shape index (κ3) is 6.62. The molecule has 37 heavy (non-hydrogen) atoms. The highest BCUT2D eigenvalue weighted by molar-refractivity contribution is 5.72. The maximum atomic E-state index is 10.9. The lowest BCUT2D eigenvalue weighted by atomic mass is 10.0. The molecule has 0 saturated heterocycles. The molecule has 0 unspecified atom stereocenters. The summed E-state index contributed by atoms with van der Waals surface area (Å²) in [6.07, 6.45) is 8.53. The molecule has 4 heteroatoms.